The van der Waals surface area contributed by atoms with E-state index in [1.807, 2.05) is 30.3 Å². The van der Waals surface area contributed by atoms with Crippen LogP contribution in [-0.2, 0) is 20.8 Å². The molecule has 0 amide bonds. The summed E-state index contributed by atoms with van der Waals surface area (Å²) in [7, 11) is 1.53. The Morgan fingerprint density at radius 2 is 2.00 bits per heavy atom. The smallest absolute Gasteiger partial charge is 0.163 e. The molecule has 2 rings (SSSR count). The Kier molecular flexibility index (Phi) is 4.69. The first-order valence-corrected chi connectivity index (χ1v) is 6.16. The Labute approximate surface area is 107 Å². The second-order valence-corrected chi connectivity index (χ2v) is 4.58. The summed E-state index contributed by atoms with van der Waals surface area (Å²) in [6.45, 7) is 2.51. The third kappa shape index (κ3) is 3.07. The van der Waals surface area contributed by atoms with Crippen molar-refractivity contribution < 1.29 is 18.6 Å². The van der Waals surface area contributed by atoms with Gasteiger partial charge in [-0.1, -0.05) is 37.3 Å². The number of ether oxygens (including phenoxy) is 3. The Bertz CT molecular complexity index is 357. The van der Waals surface area contributed by atoms with Crippen molar-refractivity contribution in [3.05, 3.63) is 35.9 Å². The summed E-state index contributed by atoms with van der Waals surface area (Å²) in [4.78, 5) is 0. The summed E-state index contributed by atoms with van der Waals surface area (Å²) in [5.74, 6) is -0.250. The van der Waals surface area contributed by atoms with Gasteiger partial charge >= 0.3 is 0 Å². The minimum Gasteiger partial charge on any atom is -0.374 e. The summed E-state index contributed by atoms with van der Waals surface area (Å²) in [5, 5.41) is 0. The third-order valence-electron chi connectivity index (χ3n) is 3.22. The van der Waals surface area contributed by atoms with Crippen molar-refractivity contribution in [1.82, 2.24) is 0 Å². The molecule has 0 saturated carbocycles. The van der Waals surface area contributed by atoms with Crippen LogP contribution in [0.4, 0.5) is 4.39 Å². The van der Waals surface area contributed by atoms with E-state index < -0.39 is 18.6 Å². The Hall–Kier alpha value is -0.970. The van der Waals surface area contributed by atoms with Crippen LogP contribution >= 0.6 is 0 Å². The summed E-state index contributed by atoms with van der Waals surface area (Å²) in [5.41, 5.74) is 1.07. The Balaban J connectivity index is 1.77. The fraction of sp³-hybridized carbons (Fsp3) is 0.571. The summed E-state index contributed by atoms with van der Waals surface area (Å²) in [6.07, 6.45) is -2.04. The number of halogens is 1. The number of hydrogen-bond donors (Lipinski definition) is 0. The molecule has 0 radical (unpaired) electrons. The molecule has 0 N–H and O–H groups in total. The van der Waals surface area contributed by atoms with Gasteiger partial charge in [-0.05, 0) is 5.56 Å². The predicted octanol–water partition coefficient (Wildman–Crippen LogP) is 2.55. The lowest BCUT2D eigenvalue weighted by Gasteiger charge is -2.13. The topological polar surface area (TPSA) is 27.7 Å². The van der Waals surface area contributed by atoms with Crippen LogP contribution in [0.2, 0.25) is 0 Å². The van der Waals surface area contributed by atoms with Gasteiger partial charge in [0, 0.05) is 13.0 Å². The molecule has 4 heteroatoms. The van der Waals surface area contributed by atoms with Gasteiger partial charge in [0.2, 0.25) is 0 Å². The van der Waals surface area contributed by atoms with Crippen LogP contribution in [0.25, 0.3) is 0 Å². The minimum absolute atomic E-state index is 0.250. The van der Waals surface area contributed by atoms with Gasteiger partial charge in [-0.25, -0.2) is 4.39 Å². The molecule has 1 heterocycles. The highest BCUT2D eigenvalue weighted by Gasteiger charge is 2.42. The lowest BCUT2D eigenvalue weighted by Crippen LogP contribution is -2.25. The Morgan fingerprint density at radius 1 is 1.28 bits per heavy atom. The Morgan fingerprint density at radius 3 is 2.61 bits per heavy atom. The summed E-state index contributed by atoms with van der Waals surface area (Å²) in [6, 6.07) is 9.80. The molecule has 100 valence electrons. The van der Waals surface area contributed by atoms with Crippen LogP contribution in [0.1, 0.15) is 12.5 Å². The lowest BCUT2D eigenvalue weighted by molar-refractivity contribution is -0.142. The van der Waals surface area contributed by atoms with Crippen molar-refractivity contribution in [2.45, 2.75) is 32.1 Å². The molecule has 18 heavy (non-hydrogen) atoms. The fourth-order valence-electron chi connectivity index (χ4n) is 2.13. The maximum atomic E-state index is 13.9. The standard InChI is InChI=1S/C14H19FO3/c1-10-13(15)12(18-14(10)16-2)9-17-8-11-6-4-3-5-7-11/h3-7,10,12-14H,8-9H2,1-2H3/t10?,12-,13+,14+/m1/s1. The quantitative estimate of drug-likeness (QED) is 0.808. The zero-order valence-corrected chi connectivity index (χ0v) is 10.7. The molecule has 0 bridgehead atoms. The number of methoxy groups -OCH3 is 1. The molecule has 1 aromatic rings. The van der Waals surface area contributed by atoms with Crippen LogP contribution in [-0.4, -0.2) is 32.3 Å². The van der Waals surface area contributed by atoms with Crippen LogP contribution in [0, 0.1) is 5.92 Å². The van der Waals surface area contributed by atoms with E-state index in [0.717, 1.165) is 5.56 Å². The maximum absolute atomic E-state index is 13.9. The number of hydrogen-bond acceptors (Lipinski definition) is 3. The van der Waals surface area contributed by atoms with Gasteiger partial charge in [-0.15, -0.1) is 0 Å². The molecule has 3 nitrogen and oxygen atoms in total. The first-order chi connectivity index (χ1) is 8.72. The van der Waals surface area contributed by atoms with E-state index in [1.165, 1.54) is 7.11 Å². The molecular weight excluding hydrogens is 235 g/mol. The van der Waals surface area contributed by atoms with Crippen LogP contribution in [0.3, 0.4) is 0 Å². The first kappa shape index (κ1) is 13.5. The molecule has 0 aromatic heterocycles. The molecule has 1 saturated heterocycles. The number of rotatable bonds is 5. The zero-order chi connectivity index (χ0) is 13.0. The van der Waals surface area contributed by atoms with E-state index in [4.69, 9.17) is 14.2 Å². The first-order valence-electron chi connectivity index (χ1n) is 6.16. The molecule has 1 unspecified atom stereocenters. The minimum atomic E-state index is -1.04. The predicted molar refractivity (Wildman–Crippen MR) is 65.8 cm³/mol. The van der Waals surface area contributed by atoms with Gasteiger partial charge in [0.25, 0.3) is 0 Å². The normalized spacial score (nSPS) is 31.7. The molecule has 1 aliphatic rings. The average Bonchev–Trinajstić information content (AvgIpc) is 2.68. The maximum Gasteiger partial charge on any atom is 0.163 e. The average molecular weight is 254 g/mol. The molecule has 4 atom stereocenters. The molecule has 1 fully saturated rings. The van der Waals surface area contributed by atoms with Crippen molar-refractivity contribution in [1.29, 1.82) is 0 Å². The number of alkyl halides is 1. The van der Waals surface area contributed by atoms with Gasteiger partial charge in [-0.3, -0.25) is 0 Å². The van der Waals surface area contributed by atoms with Crippen molar-refractivity contribution >= 4 is 0 Å². The van der Waals surface area contributed by atoms with E-state index in [0.29, 0.717) is 6.61 Å². The highest BCUT2D eigenvalue weighted by Crippen LogP contribution is 2.29. The zero-order valence-electron chi connectivity index (χ0n) is 10.7. The van der Waals surface area contributed by atoms with E-state index >= 15 is 0 Å². The lowest BCUT2D eigenvalue weighted by atomic mass is 10.1. The highest BCUT2D eigenvalue weighted by atomic mass is 19.1. The molecule has 1 aliphatic heterocycles. The van der Waals surface area contributed by atoms with Gasteiger partial charge in [0.15, 0.2) is 6.29 Å². The fourth-order valence-corrected chi connectivity index (χ4v) is 2.13. The van der Waals surface area contributed by atoms with E-state index in [2.05, 4.69) is 0 Å². The van der Waals surface area contributed by atoms with Crippen molar-refractivity contribution in [3.63, 3.8) is 0 Å². The van der Waals surface area contributed by atoms with Gasteiger partial charge < -0.3 is 14.2 Å². The van der Waals surface area contributed by atoms with E-state index in [1.54, 1.807) is 6.92 Å². The largest absolute Gasteiger partial charge is 0.374 e. The summed E-state index contributed by atoms with van der Waals surface area (Å²) >= 11 is 0. The third-order valence-corrected chi connectivity index (χ3v) is 3.22. The molecule has 0 aliphatic carbocycles. The van der Waals surface area contributed by atoms with E-state index in [-0.39, 0.29) is 12.5 Å². The van der Waals surface area contributed by atoms with Gasteiger partial charge in [0.1, 0.15) is 12.3 Å². The number of benzene rings is 1. The SMILES string of the molecule is CO[C@H]1O[C@H](COCc2ccccc2)[C@@H](F)C1C. The van der Waals surface area contributed by atoms with Crippen LogP contribution < -0.4 is 0 Å². The van der Waals surface area contributed by atoms with Crippen molar-refractivity contribution in [3.8, 4) is 0 Å². The second-order valence-electron chi connectivity index (χ2n) is 4.58. The van der Waals surface area contributed by atoms with Crippen molar-refractivity contribution in [2.75, 3.05) is 13.7 Å². The van der Waals surface area contributed by atoms with Gasteiger partial charge in [-0.2, -0.15) is 0 Å². The monoisotopic (exact) mass is 254 g/mol. The van der Waals surface area contributed by atoms with Crippen LogP contribution in [0.5, 0.6) is 0 Å². The van der Waals surface area contributed by atoms with E-state index in [9.17, 15) is 4.39 Å². The van der Waals surface area contributed by atoms with Crippen molar-refractivity contribution in [2.24, 2.45) is 5.92 Å². The molecule has 1 aromatic carbocycles. The van der Waals surface area contributed by atoms with Gasteiger partial charge in [0.05, 0.1) is 13.2 Å². The highest BCUT2D eigenvalue weighted by molar-refractivity contribution is 5.13. The second kappa shape index (κ2) is 6.27. The van der Waals surface area contributed by atoms with Crippen LogP contribution in [0.15, 0.2) is 30.3 Å². The summed E-state index contributed by atoms with van der Waals surface area (Å²) < 4.78 is 29.9. The molecule has 0 spiro atoms. The molecular formula is C14H19FO3.